The smallest absolute Gasteiger partial charge is 0.329 e. The van der Waals surface area contributed by atoms with Crippen molar-refractivity contribution in [2.24, 2.45) is 0 Å². The van der Waals surface area contributed by atoms with E-state index in [1.165, 1.54) is 0 Å². The third-order valence-electron chi connectivity index (χ3n) is 3.65. The highest BCUT2D eigenvalue weighted by Crippen LogP contribution is 2.30. The highest BCUT2D eigenvalue weighted by Gasteiger charge is 2.42. The van der Waals surface area contributed by atoms with E-state index >= 15 is 0 Å². The van der Waals surface area contributed by atoms with Gasteiger partial charge in [0.2, 0.25) is 0 Å². The van der Waals surface area contributed by atoms with Crippen molar-refractivity contribution in [3.05, 3.63) is 34.3 Å². The van der Waals surface area contributed by atoms with E-state index in [0.29, 0.717) is 23.4 Å². The molecule has 0 saturated heterocycles. The van der Waals surface area contributed by atoms with Gasteiger partial charge < -0.3 is 10.4 Å². The number of rotatable bonds is 3. The average Bonchev–Trinajstić information content (AvgIpc) is 2.82. The van der Waals surface area contributed by atoms with E-state index in [0.717, 1.165) is 18.4 Å². The lowest BCUT2D eigenvalue weighted by Gasteiger charge is -2.25. The van der Waals surface area contributed by atoms with E-state index in [4.69, 9.17) is 11.6 Å². The Labute approximate surface area is 116 Å². The summed E-state index contributed by atoms with van der Waals surface area (Å²) in [5.41, 5.74) is 0.157. The van der Waals surface area contributed by atoms with Crippen LogP contribution in [0.15, 0.2) is 18.2 Å². The van der Waals surface area contributed by atoms with E-state index in [2.05, 4.69) is 5.32 Å². The van der Waals surface area contributed by atoms with Crippen LogP contribution in [0.5, 0.6) is 0 Å². The van der Waals surface area contributed by atoms with Gasteiger partial charge in [-0.15, -0.1) is 0 Å². The Kier molecular flexibility index (Phi) is 3.80. The Morgan fingerprint density at radius 2 is 1.95 bits per heavy atom. The number of amides is 1. The van der Waals surface area contributed by atoms with Gasteiger partial charge in [0.25, 0.3) is 5.91 Å². The number of aliphatic carboxylic acids is 1. The van der Waals surface area contributed by atoms with Crippen molar-refractivity contribution >= 4 is 23.5 Å². The van der Waals surface area contributed by atoms with Gasteiger partial charge in [-0.25, -0.2) is 4.79 Å². The maximum Gasteiger partial charge on any atom is 0.329 e. The zero-order valence-corrected chi connectivity index (χ0v) is 11.5. The molecule has 0 spiro atoms. The van der Waals surface area contributed by atoms with Gasteiger partial charge in [-0.2, -0.15) is 0 Å². The van der Waals surface area contributed by atoms with Gasteiger partial charge in [-0.3, -0.25) is 4.79 Å². The summed E-state index contributed by atoms with van der Waals surface area (Å²) in [5.74, 6) is -1.34. The molecule has 0 radical (unpaired) electrons. The molecule has 4 nitrogen and oxygen atoms in total. The summed E-state index contributed by atoms with van der Waals surface area (Å²) in [7, 11) is 0. The number of halogens is 1. The summed E-state index contributed by atoms with van der Waals surface area (Å²) in [5, 5.41) is 12.5. The molecule has 0 bridgehead atoms. The molecule has 0 aromatic heterocycles. The van der Waals surface area contributed by atoms with Crippen LogP contribution in [-0.2, 0) is 4.79 Å². The Morgan fingerprint density at radius 1 is 1.32 bits per heavy atom. The number of carbonyl (C=O) groups excluding carboxylic acids is 1. The second-order valence-electron chi connectivity index (χ2n) is 5.01. The molecule has 1 fully saturated rings. The van der Waals surface area contributed by atoms with Crippen LogP contribution in [0.2, 0.25) is 5.02 Å². The first kappa shape index (κ1) is 13.9. The molecule has 102 valence electrons. The number of carboxylic acid groups (broad SMARTS) is 1. The molecule has 0 atom stereocenters. The molecular weight excluding hydrogens is 266 g/mol. The summed E-state index contributed by atoms with van der Waals surface area (Å²) in [6.45, 7) is 1.85. The van der Waals surface area contributed by atoms with Gasteiger partial charge >= 0.3 is 5.97 Å². The van der Waals surface area contributed by atoms with Gasteiger partial charge in [0.15, 0.2) is 0 Å². The average molecular weight is 282 g/mol. The van der Waals surface area contributed by atoms with Crippen molar-refractivity contribution in [1.29, 1.82) is 0 Å². The van der Waals surface area contributed by atoms with E-state index in [9.17, 15) is 14.7 Å². The van der Waals surface area contributed by atoms with Gasteiger partial charge in [0.05, 0.1) is 0 Å². The number of carbonyl (C=O) groups is 2. The highest BCUT2D eigenvalue weighted by molar-refractivity contribution is 6.31. The van der Waals surface area contributed by atoms with Crippen molar-refractivity contribution in [3.63, 3.8) is 0 Å². The molecule has 1 aromatic rings. The standard InChI is InChI=1S/C14H16ClNO3/c1-9-4-5-10(8-11(9)15)12(17)16-14(13(18)19)6-2-3-7-14/h4-5,8H,2-3,6-7H2,1H3,(H,16,17)(H,18,19). The van der Waals surface area contributed by atoms with Crippen molar-refractivity contribution in [1.82, 2.24) is 5.32 Å². The van der Waals surface area contributed by atoms with Crippen molar-refractivity contribution < 1.29 is 14.7 Å². The molecular formula is C14H16ClNO3. The number of aryl methyl sites for hydroxylation is 1. The first-order valence-electron chi connectivity index (χ1n) is 6.27. The number of carboxylic acids is 1. The second-order valence-corrected chi connectivity index (χ2v) is 5.42. The van der Waals surface area contributed by atoms with Gasteiger partial charge in [-0.1, -0.05) is 30.5 Å². The summed E-state index contributed by atoms with van der Waals surface area (Å²) in [6.07, 6.45) is 2.60. The summed E-state index contributed by atoms with van der Waals surface area (Å²) in [4.78, 5) is 23.5. The molecule has 0 unspecified atom stereocenters. The SMILES string of the molecule is Cc1ccc(C(=O)NC2(C(=O)O)CCCC2)cc1Cl. The predicted octanol–water partition coefficient (Wildman–Crippen LogP) is 2.78. The predicted molar refractivity (Wildman–Crippen MR) is 72.5 cm³/mol. The fourth-order valence-corrected chi connectivity index (χ4v) is 2.58. The molecule has 1 amide bonds. The largest absolute Gasteiger partial charge is 0.480 e. The maximum atomic E-state index is 12.1. The fraction of sp³-hybridized carbons (Fsp3) is 0.429. The molecule has 1 aromatic carbocycles. The van der Waals surface area contributed by atoms with Crippen LogP contribution in [-0.4, -0.2) is 22.5 Å². The number of hydrogen-bond acceptors (Lipinski definition) is 2. The molecule has 0 aliphatic heterocycles. The maximum absolute atomic E-state index is 12.1. The Hall–Kier alpha value is -1.55. The Bertz CT molecular complexity index is 521. The minimum absolute atomic E-state index is 0.383. The van der Waals surface area contributed by atoms with Gasteiger partial charge in [0, 0.05) is 10.6 Å². The molecule has 2 N–H and O–H groups in total. The molecule has 2 rings (SSSR count). The number of nitrogens with one attached hydrogen (secondary N) is 1. The Morgan fingerprint density at radius 3 is 2.47 bits per heavy atom. The fourth-order valence-electron chi connectivity index (χ4n) is 2.39. The molecule has 1 aliphatic carbocycles. The lowest BCUT2D eigenvalue weighted by Crippen LogP contribution is -2.52. The first-order valence-corrected chi connectivity index (χ1v) is 6.64. The summed E-state index contributed by atoms with van der Waals surface area (Å²) >= 11 is 5.98. The van der Waals surface area contributed by atoms with Crippen molar-refractivity contribution in [3.8, 4) is 0 Å². The topological polar surface area (TPSA) is 66.4 Å². The van der Waals surface area contributed by atoms with E-state index in [1.54, 1.807) is 18.2 Å². The minimum atomic E-state index is -1.12. The van der Waals surface area contributed by atoms with Crippen LogP contribution in [0, 0.1) is 6.92 Å². The van der Waals surface area contributed by atoms with Gasteiger partial charge in [-0.05, 0) is 37.5 Å². The van der Waals surface area contributed by atoms with Crippen LogP contribution < -0.4 is 5.32 Å². The van der Waals surface area contributed by atoms with Crippen LogP contribution in [0.3, 0.4) is 0 Å². The highest BCUT2D eigenvalue weighted by atomic mass is 35.5. The number of benzene rings is 1. The van der Waals surface area contributed by atoms with Gasteiger partial charge in [0.1, 0.15) is 5.54 Å². The lowest BCUT2D eigenvalue weighted by molar-refractivity contribution is -0.144. The third kappa shape index (κ3) is 2.73. The summed E-state index contributed by atoms with van der Waals surface area (Å²) in [6, 6.07) is 4.97. The van der Waals surface area contributed by atoms with E-state index in [1.807, 2.05) is 6.92 Å². The van der Waals surface area contributed by atoms with Crippen molar-refractivity contribution in [2.45, 2.75) is 38.1 Å². The minimum Gasteiger partial charge on any atom is -0.480 e. The van der Waals surface area contributed by atoms with E-state index < -0.39 is 11.5 Å². The quantitative estimate of drug-likeness (QED) is 0.895. The molecule has 0 heterocycles. The van der Waals surface area contributed by atoms with Crippen LogP contribution in [0.25, 0.3) is 0 Å². The van der Waals surface area contributed by atoms with Crippen LogP contribution in [0.1, 0.15) is 41.6 Å². The zero-order chi connectivity index (χ0) is 14.0. The molecule has 1 saturated carbocycles. The zero-order valence-electron chi connectivity index (χ0n) is 10.7. The second kappa shape index (κ2) is 5.21. The Balaban J connectivity index is 2.20. The summed E-state index contributed by atoms with van der Waals surface area (Å²) < 4.78 is 0. The molecule has 19 heavy (non-hydrogen) atoms. The van der Waals surface area contributed by atoms with Crippen LogP contribution >= 0.6 is 11.6 Å². The molecule has 1 aliphatic rings. The third-order valence-corrected chi connectivity index (χ3v) is 4.06. The van der Waals surface area contributed by atoms with Crippen molar-refractivity contribution in [2.75, 3.05) is 0 Å². The number of hydrogen-bond donors (Lipinski definition) is 2. The van der Waals surface area contributed by atoms with E-state index in [-0.39, 0.29) is 5.91 Å². The first-order chi connectivity index (χ1) is 8.94. The lowest BCUT2D eigenvalue weighted by atomic mass is 9.97. The monoisotopic (exact) mass is 281 g/mol. The van der Waals surface area contributed by atoms with Crippen LogP contribution in [0.4, 0.5) is 0 Å². The normalized spacial score (nSPS) is 17.2. The molecule has 5 heteroatoms.